The van der Waals surface area contributed by atoms with Gasteiger partial charge in [0.2, 0.25) is 5.91 Å². The van der Waals surface area contributed by atoms with E-state index in [0.29, 0.717) is 0 Å². The van der Waals surface area contributed by atoms with Crippen LogP contribution < -0.4 is 4.90 Å². The first kappa shape index (κ1) is 14.5. The second-order valence-electron chi connectivity index (χ2n) is 4.49. The smallest absolute Gasteiger partial charge is 0.340 e. The Balaban J connectivity index is 2.60. The van der Waals surface area contributed by atoms with E-state index < -0.39 is 10.9 Å². The number of nitro benzene ring substituents is 1. The van der Waals surface area contributed by atoms with Crippen molar-refractivity contribution < 1.29 is 19.2 Å². The van der Waals surface area contributed by atoms with E-state index in [-0.39, 0.29) is 41.7 Å². The molecule has 0 spiro atoms. The molecule has 1 saturated heterocycles. The molecule has 7 heteroatoms. The van der Waals surface area contributed by atoms with Gasteiger partial charge in [0.05, 0.1) is 17.6 Å². The highest BCUT2D eigenvalue weighted by molar-refractivity contribution is 6.06. The highest BCUT2D eigenvalue weighted by atomic mass is 16.6. The van der Waals surface area contributed by atoms with Crippen LogP contribution in [0, 0.1) is 28.4 Å². The summed E-state index contributed by atoms with van der Waals surface area (Å²) in [7, 11) is 1.17. The minimum atomic E-state index is -0.745. The zero-order chi connectivity index (χ0) is 15.6. The van der Waals surface area contributed by atoms with Crippen molar-refractivity contribution in [1.29, 1.82) is 0 Å². The summed E-state index contributed by atoms with van der Waals surface area (Å²) in [5.41, 5.74) is -0.418. The first-order chi connectivity index (χ1) is 9.99. The van der Waals surface area contributed by atoms with Gasteiger partial charge in [-0.2, -0.15) is 0 Å². The Bertz CT molecular complexity index is 662. The van der Waals surface area contributed by atoms with Crippen LogP contribution in [0.1, 0.15) is 16.8 Å². The van der Waals surface area contributed by atoms with Crippen LogP contribution in [-0.4, -0.2) is 30.5 Å². The summed E-state index contributed by atoms with van der Waals surface area (Å²) in [5.74, 6) is 1.03. The average Bonchev–Trinajstić information content (AvgIpc) is 2.86. The molecule has 7 nitrogen and oxygen atoms in total. The molecule has 1 aromatic rings. The van der Waals surface area contributed by atoms with Crippen LogP contribution in [-0.2, 0) is 9.53 Å². The third-order valence-corrected chi connectivity index (χ3v) is 3.25. The quantitative estimate of drug-likeness (QED) is 0.362. The molecule has 0 radical (unpaired) electrons. The Hall–Kier alpha value is -2.88. The molecule has 0 saturated carbocycles. The van der Waals surface area contributed by atoms with Crippen LogP contribution in [0.2, 0.25) is 0 Å². The number of benzene rings is 1. The molecule has 1 aromatic carbocycles. The number of anilines is 1. The fourth-order valence-electron chi connectivity index (χ4n) is 2.27. The number of carbonyl (C=O) groups excluding carboxylic acids is 2. The van der Waals surface area contributed by atoms with Crippen molar-refractivity contribution in [3.8, 4) is 12.3 Å². The van der Waals surface area contributed by atoms with Gasteiger partial charge < -0.3 is 9.64 Å². The highest BCUT2D eigenvalue weighted by Gasteiger charge is 2.36. The van der Waals surface area contributed by atoms with Crippen LogP contribution in [0.3, 0.4) is 0 Å². The molecule has 108 valence electrons. The van der Waals surface area contributed by atoms with Crippen LogP contribution in [0.5, 0.6) is 0 Å². The molecule has 1 aliphatic rings. The summed E-state index contributed by atoms with van der Waals surface area (Å²) in [5, 5.41) is 11.2. The second kappa shape index (κ2) is 5.63. The summed E-state index contributed by atoms with van der Waals surface area (Å²) < 4.78 is 4.62. The maximum atomic E-state index is 12.0. The molecule has 1 aliphatic heterocycles. The summed E-state index contributed by atoms with van der Waals surface area (Å²) >= 11 is 0. The van der Waals surface area contributed by atoms with Crippen LogP contribution in [0.4, 0.5) is 11.4 Å². The van der Waals surface area contributed by atoms with E-state index in [1.807, 2.05) is 0 Å². The maximum Gasteiger partial charge on any atom is 0.340 e. The molecule has 0 aromatic heterocycles. The number of esters is 1. The minimum absolute atomic E-state index is 0.0299. The van der Waals surface area contributed by atoms with Crippen molar-refractivity contribution in [1.82, 2.24) is 0 Å². The van der Waals surface area contributed by atoms with Crippen molar-refractivity contribution >= 4 is 23.3 Å². The van der Waals surface area contributed by atoms with Gasteiger partial charge in [0, 0.05) is 24.9 Å². The summed E-state index contributed by atoms with van der Waals surface area (Å²) in [6, 6.07) is 3.98. The second-order valence-corrected chi connectivity index (χ2v) is 4.49. The highest BCUT2D eigenvalue weighted by Crippen LogP contribution is 2.36. The molecule has 2 rings (SSSR count). The van der Waals surface area contributed by atoms with E-state index >= 15 is 0 Å². The standard InChI is InChI=1S/C14H12N2O5/c1-3-9-7-12(17)15(8-9)13-10(14(18)21-2)5-4-6-11(13)16(19)20/h1,4-6,9H,7-8H2,2H3. The molecule has 1 fully saturated rings. The predicted octanol–water partition coefficient (Wildman–Crippen LogP) is 1.37. The molecular weight excluding hydrogens is 276 g/mol. The predicted molar refractivity (Wildman–Crippen MR) is 73.7 cm³/mol. The van der Waals surface area contributed by atoms with Crippen molar-refractivity contribution in [3.63, 3.8) is 0 Å². The molecule has 0 bridgehead atoms. The van der Waals surface area contributed by atoms with E-state index in [2.05, 4.69) is 10.7 Å². The number of carbonyl (C=O) groups is 2. The lowest BCUT2D eigenvalue weighted by Gasteiger charge is -2.18. The molecule has 21 heavy (non-hydrogen) atoms. The number of para-hydroxylation sites is 1. The Morgan fingerprint density at radius 1 is 1.57 bits per heavy atom. The lowest BCUT2D eigenvalue weighted by atomic mass is 10.1. The Morgan fingerprint density at radius 2 is 2.29 bits per heavy atom. The Morgan fingerprint density at radius 3 is 2.81 bits per heavy atom. The van der Waals surface area contributed by atoms with E-state index in [0.717, 1.165) is 0 Å². The molecular formula is C14H12N2O5. The van der Waals surface area contributed by atoms with Crippen molar-refractivity contribution in [2.24, 2.45) is 5.92 Å². The number of terminal acetylenes is 1. The summed E-state index contributed by atoms with van der Waals surface area (Å²) in [6.45, 7) is 0.143. The van der Waals surface area contributed by atoms with Crippen molar-refractivity contribution in [3.05, 3.63) is 33.9 Å². The van der Waals surface area contributed by atoms with E-state index in [1.54, 1.807) is 0 Å². The number of rotatable bonds is 3. The van der Waals surface area contributed by atoms with Crippen LogP contribution in [0.15, 0.2) is 18.2 Å². The van der Waals surface area contributed by atoms with Crippen LogP contribution >= 0.6 is 0 Å². The number of nitrogens with zero attached hydrogens (tertiary/aromatic N) is 2. The lowest BCUT2D eigenvalue weighted by molar-refractivity contribution is -0.384. The van der Waals surface area contributed by atoms with Gasteiger partial charge in [0.25, 0.3) is 5.69 Å². The first-order valence-corrected chi connectivity index (χ1v) is 6.11. The molecule has 1 heterocycles. The van der Waals surface area contributed by atoms with Gasteiger partial charge >= 0.3 is 5.97 Å². The number of amides is 1. The topological polar surface area (TPSA) is 89.8 Å². The zero-order valence-electron chi connectivity index (χ0n) is 11.2. The normalized spacial score (nSPS) is 17.4. The van der Waals surface area contributed by atoms with Crippen molar-refractivity contribution in [2.75, 3.05) is 18.6 Å². The van der Waals surface area contributed by atoms with Crippen LogP contribution in [0.25, 0.3) is 0 Å². The van der Waals surface area contributed by atoms with Crippen molar-refractivity contribution in [2.45, 2.75) is 6.42 Å². The van der Waals surface area contributed by atoms with E-state index in [1.165, 1.54) is 30.2 Å². The summed E-state index contributed by atoms with van der Waals surface area (Å²) in [4.78, 5) is 35.6. The Kier molecular flexibility index (Phi) is 3.89. The minimum Gasteiger partial charge on any atom is -0.465 e. The number of methoxy groups -OCH3 is 1. The van der Waals surface area contributed by atoms with Gasteiger partial charge in [-0.15, -0.1) is 12.3 Å². The van der Waals surface area contributed by atoms with E-state index in [9.17, 15) is 19.7 Å². The molecule has 0 aliphatic carbocycles. The monoisotopic (exact) mass is 288 g/mol. The number of hydrogen-bond donors (Lipinski definition) is 0. The van der Waals surface area contributed by atoms with Gasteiger partial charge in [0.15, 0.2) is 0 Å². The molecule has 1 atom stereocenters. The third kappa shape index (κ3) is 2.56. The van der Waals surface area contributed by atoms with Gasteiger partial charge in [-0.1, -0.05) is 6.07 Å². The number of ether oxygens (including phenoxy) is 1. The SMILES string of the molecule is C#CC1CC(=O)N(c2c(C(=O)OC)cccc2[N+](=O)[O-])C1. The van der Waals surface area contributed by atoms with Gasteiger partial charge in [0.1, 0.15) is 5.69 Å². The largest absolute Gasteiger partial charge is 0.465 e. The number of hydrogen-bond acceptors (Lipinski definition) is 5. The van der Waals surface area contributed by atoms with Gasteiger partial charge in [-0.05, 0) is 6.07 Å². The lowest BCUT2D eigenvalue weighted by Crippen LogP contribution is -2.27. The fraction of sp³-hybridized carbons (Fsp3) is 0.286. The number of nitro groups is 1. The van der Waals surface area contributed by atoms with E-state index in [4.69, 9.17) is 6.42 Å². The fourth-order valence-corrected chi connectivity index (χ4v) is 2.27. The first-order valence-electron chi connectivity index (χ1n) is 6.11. The molecule has 1 amide bonds. The third-order valence-electron chi connectivity index (χ3n) is 3.25. The Labute approximate surface area is 120 Å². The van der Waals surface area contributed by atoms with Gasteiger partial charge in [-0.3, -0.25) is 14.9 Å². The maximum absolute atomic E-state index is 12.0. The molecule has 0 N–H and O–H groups in total. The van der Waals surface area contributed by atoms with Gasteiger partial charge in [-0.25, -0.2) is 4.79 Å². The molecule has 1 unspecified atom stereocenters. The zero-order valence-corrected chi connectivity index (χ0v) is 11.2. The average molecular weight is 288 g/mol. The summed E-state index contributed by atoms with van der Waals surface area (Å²) in [6.07, 6.45) is 5.40.